The van der Waals surface area contributed by atoms with Crippen LogP contribution in [0.2, 0.25) is 0 Å². The summed E-state index contributed by atoms with van der Waals surface area (Å²) in [5.41, 5.74) is 2.35. The molecule has 1 aliphatic heterocycles. The Morgan fingerprint density at radius 2 is 1.64 bits per heavy atom. The molecule has 6 heteroatoms. The van der Waals surface area contributed by atoms with E-state index in [1.807, 2.05) is 59.5 Å². The first-order valence-electron chi connectivity index (χ1n) is 9.27. The van der Waals surface area contributed by atoms with Gasteiger partial charge in [0.05, 0.1) is 11.2 Å². The fourth-order valence-corrected chi connectivity index (χ4v) is 3.84. The van der Waals surface area contributed by atoms with Crippen molar-refractivity contribution in [2.45, 2.75) is 0 Å². The number of pyridine rings is 1. The second-order valence-corrected chi connectivity index (χ2v) is 6.91. The van der Waals surface area contributed by atoms with Crippen LogP contribution in [0.4, 0.5) is 5.69 Å². The van der Waals surface area contributed by atoms with Crippen LogP contribution in [0.1, 0.15) is 11.1 Å². The van der Waals surface area contributed by atoms with E-state index in [-0.39, 0.29) is 11.1 Å². The van der Waals surface area contributed by atoms with E-state index in [9.17, 15) is 10.1 Å². The molecule has 6 nitrogen and oxygen atoms in total. The van der Waals surface area contributed by atoms with E-state index in [1.165, 1.54) is 0 Å². The third-order valence-electron chi connectivity index (χ3n) is 5.35. The summed E-state index contributed by atoms with van der Waals surface area (Å²) in [6, 6.07) is 19.5. The lowest BCUT2D eigenvalue weighted by Gasteiger charge is -2.38. The van der Waals surface area contributed by atoms with Crippen LogP contribution in [-0.2, 0) is 7.05 Å². The van der Waals surface area contributed by atoms with Gasteiger partial charge in [0.25, 0.3) is 5.56 Å². The number of benzene rings is 2. The fraction of sp³-hybridized carbons (Fsp3) is 0.227. The molecular formula is C22H21N5O. The second kappa shape index (κ2) is 7.20. The molecule has 4 rings (SSSR count). The number of aromatic nitrogens is 1. The monoisotopic (exact) mass is 371 g/mol. The van der Waals surface area contributed by atoms with Crippen LogP contribution in [0.3, 0.4) is 0 Å². The highest BCUT2D eigenvalue weighted by Crippen LogP contribution is 2.29. The Bertz CT molecular complexity index is 1140. The molecule has 1 N–H and O–H groups in total. The molecule has 140 valence electrons. The van der Waals surface area contributed by atoms with Crippen LogP contribution in [0, 0.1) is 16.7 Å². The highest BCUT2D eigenvalue weighted by atomic mass is 16.1. The predicted octanol–water partition coefficient (Wildman–Crippen LogP) is 2.56. The van der Waals surface area contributed by atoms with Gasteiger partial charge in [-0.3, -0.25) is 10.2 Å². The number of para-hydroxylation sites is 1. The van der Waals surface area contributed by atoms with Gasteiger partial charge in [0.15, 0.2) is 0 Å². The van der Waals surface area contributed by atoms with E-state index in [4.69, 9.17) is 5.41 Å². The first kappa shape index (κ1) is 17.8. The quantitative estimate of drug-likeness (QED) is 0.555. The number of nitrogens with zero attached hydrogens (tertiary/aromatic N) is 4. The number of anilines is 1. The van der Waals surface area contributed by atoms with Crippen molar-refractivity contribution in [1.29, 1.82) is 10.7 Å². The van der Waals surface area contributed by atoms with E-state index in [0.717, 1.165) is 16.5 Å². The van der Waals surface area contributed by atoms with Crippen molar-refractivity contribution in [2.75, 3.05) is 31.1 Å². The van der Waals surface area contributed by atoms with Gasteiger partial charge in [0, 0.05) is 44.2 Å². The van der Waals surface area contributed by atoms with E-state index in [0.29, 0.717) is 37.7 Å². The maximum absolute atomic E-state index is 12.7. The predicted molar refractivity (Wildman–Crippen MR) is 111 cm³/mol. The Kier molecular flexibility index (Phi) is 4.58. The zero-order valence-corrected chi connectivity index (χ0v) is 15.7. The summed E-state index contributed by atoms with van der Waals surface area (Å²) in [6.45, 7) is 2.65. The zero-order valence-electron chi connectivity index (χ0n) is 15.7. The summed E-state index contributed by atoms with van der Waals surface area (Å²) in [7, 11) is 1.70. The normalized spacial score (nSPS) is 14.1. The summed E-state index contributed by atoms with van der Waals surface area (Å²) in [6.07, 6.45) is 0. The summed E-state index contributed by atoms with van der Waals surface area (Å²) >= 11 is 0. The average Bonchev–Trinajstić information content (AvgIpc) is 2.76. The molecule has 0 amide bonds. The van der Waals surface area contributed by atoms with E-state index in [2.05, 4.69) is 11.0 Å². The van der Waals surface area contributed by atoms with Crippen molar-refractivity contribution < 1.29 is 0 Å². The molecule has 2 heterocycles. The lowest BCUT2D eigenvalue weighted by Crippen LogP contribution is -2.49. The third kappa shape index (κ3) is 2.91. The van der Waals surface area contributed by atoms with Crippen LogP contribution in [-0.4, -0.2) is 41.5 Å². The Morgan fingerprint density at radius 3 is 2.32 bits per heavy atom. The van der Waals surface area contributed by atoms with E-state index < -0.39 is 0 Å². The molecule has 0 spiro atoms. The smallest absolute Gasteiger partial charge is 0.270 e. The minimum absolute atomic E-state index is 0.188. The van der Waals surface area contributed by atoms with Crippen LogP contribution >= 0.6 is 0 Å². The lowest BCUT2D eigenvalue weighted by molar-refractivity contribution is 0.384. The highest BCUT2D eigenvalue weighted by molar-refractivity contribution is 5.97. The van der Waals surface area contributed by atoms with Gasteiger partial charge >= 0.3 is 0 Å². The summed E-state index contributed by atoms with van der Waals surface area (Å²) in [5.74, 6) is 0.509. The molecule has 3 aromatic rings. The summed E-state index contributed by atoms with van der Waals surface area (Å²) in [5, 5.41) is 19.0. The van der Waals surface area contributed by atoms with Gasteiger partial charge in [-0.05, 0) is 6.07 Å². The first-order valence-corrected chi connectivity index (χ1v) is 9.27. The van der Waals surface area contributed by atoms with Crippen LogP contribution in [0.15, 0.2) is 59.4 Å². The van der Waals surface area contributed by atoms with Gasteiger partial charge < -0.3 is 14.4 Å². The number of nitrogens with one attached hydrogen (secondary N) is 1. The molecule has 1 fully saturated rings. The molecule has 1 aromatic heterocycles. The molecule has 0 unspecified atom stereocenters. The van der Waals surface area contributed by atoms with Crippen LogP contribution in [0.25, 0.3) is 10.9 Å². The zero-order chi connectivity index (χ0) is 19.7. The number of hydrogen-bond acceptors (Lipinski definition) is 4. The summed E-state index contributed by atoms with van der Waals surface area (Å²) < 4.78 is 1.54. The van der Waals surface area contributed by atoms with Gasteiger partial charge in [0.1, 0.15) is 17.5 Å². The molecule has 0 bridgehead atoms. The van der Waals surface area contributed by atoms with E-state index >= 15 is 0 Å². The summed E-state index contributed by atoms with van der Waals surface area (Å²) in [4.78, 5) is 16.9. The van der Waals surface area contributed by atoms with Crippen molar-refractivity contribution in [2.24, 2.45) is 7.05 Å². The Labute approximate surface area is 163 Å². The fourth-order valence-electron chi connectivity index (χ4n) is 3.84. The average molecular weight is 371 g/mol. The van der Waals surface area contributed by atoms with Crippen molar-refractivity contribution >= 4 is 22.4 Å². The Balaban J connectivity index is 1.66. The minimum atomic E-state index is -0.268. The third-order valence-corrected chi connectivity index (χ3v) is 5.35. The molecular weight excluding hydrogens is 350 g/mol. The van der Waals surface area contributed by atoms with Crippen molar-refractivity contribution in [1.82, 2.24) is 9.47 Å². The Morgan fingerprint density at radius 1 is 1.00 bits per heavy atom. The largest absolute Gasteiger partial charge is 0.366 e. The van der Waals surface area contributed by atoms with Gasteiger partial charge in [-0.25, -0.2) is 0 Å². The Hall–Kier alpha value is -3.59. The maximum atomic E-state index is 12.7. The number of aryl methyl sites for hydroxylation is 1. The maximum Gasteiger partial charge on any atom is 0.270 e. The molecule has 0 aliphatic carbocycles. The van der Waals surface area contributed by atoms with Crippen molar-refractivity contribution in [3.8, 4) is 6.07 Å². The van der Waals surface area contributed by atoms with Crippen molar-refractivity contribution in [3.63, 3.8) is 0 Å². The number of nitriles is 1. The highest BCUT2D eigenvalue weighted by Gasteiger charge is 2.25. The molecule has 2 aromatic carbocycles. The molecule has 28 heavy (non-hydrogen) atoms. The SMILES string of the molecule is Cn1c(=O)c(C#N)c(N2CCN(C(=N)c3ccccc3)CC2)c2ccccc21. The topological polar surface area (TPSA) is 76.1 Å². The number of piperazine rings is 1. The van der Waals surface area contributed by atoms with Gasteiger partial charge in [-0.15, -0.1) is 0 Å². The van der Waals surface area contributed by atoms with E-state index in [1.54, 1.807) is 11.6 Å². The van der Waals surface area contributed by atoms with Crippen LogP contribution in [0.5, 0.6) is 0 Å². The van der Waals surface area contributed by atoms with Crippen LogP contribution < -0.4 is 10.5 Å². The second-order valence-electron chi connectivity index (χ2n) is 6.91. The van der Waals surface area contributed by atoms with Gasteiger partial charge in [-0.1, -0.05) is 48.5 Å². The molecule has 0 atom stereocenters. The molecule has 0 saturated carbocycles. The number of rotatable bonds is 2. The molecule has 0 radical (unpaired) electrons. The standard InChI is InChI=1S/C22H21N5O/c1-25-19-10-6-5-9-17(19)20(18(15-23)22(25)28)26-11-13-27(14-12-26)21(24)16-7-3-2-4-8-16/h2-10,24H,11-14H2,1H3. The first-order chi connectivity index (χ1) is 13.6. The van der Waals surface area contributed by atoms with Gasteiger partial charge in [-0.2, -0.15) is 5.26 Å². The van der Waals surface area contributed by atoms with Crippen molar-refractivity contribution in [3.05, 3.63) is 76.1 Å². The minimum Gasteiger partial charge on any atom is -0.366 e. The lowest BCUT2D eigenvalue weighted by atomic mass is 10.1. The molecule has 1 saturated heterocycles. The number of hydrogen-bond donors (Lipinski definition) is 1. The van der Waals surface area contributed by atoms with Gasteiger partial charge in [0.2, 0.25) is 0 Å². The number of amidine groups is 1. The number of fused-ring (bicyclic) bond motifs is 1. The molecule has 1 aliphatic rings.